The second-order valence-electron chi connectivity index (χ2n) is 3.70. The molecule has 0 aromatic heterocycles. The third-order valence-corrected chi connectivity index (χ3v) is 2.60. The molecule has 1 heterocycles. The minimum absolute atomic E-state index is 0. The highest BCUT2D eigenvalue weighted by atomic mass is 35.5. The van der Waals surface area contributed by atoms with Gasteiger partial charge in [0.15, 0.2) is 0 Å². The maximum absolute atomic E-state index is 11.4. The first-order valence-electron chi connectivity index (χ1n) is 4.54. The van der Waals surface area contributed by atoms with Crippen molar-refractivity contribution in [2.24, 2.45) is 11.7 Å². The molecule has 2 rings (SSSR count). The lowest BCUT2D eigenvalue weighted by molar-refractivity contribution is -0.124. The minimum atomic E-state index is 0. The summed E-state index contributed by atoms with van der Waals surface area (Å²) in [7, 11) is 0. The first-order chi connectivity index (χ1) is 5.77. The lowest BCUT2D eigenvalue weighted by atomic mass is 10.1. The smallest absolute Gasteiger partial charge is 0.224 e. The first-order valence-corrected chi connectivity index (χ1v) is 4.54. The zero-order valence-electron chi connectivity index (χ0n) is 7.45. The van der Waals surface area contributed by atoms with Gasteiger partial charge in [0.1, 0.15) is 0 Å². The van der Waals surface area contributed by atoms with Crippen molar-refractivity contribution in [3.63, 3.8) is 0 Å². The van der Waals surface area contributed by atoms with E-state index in [0.717, 1.165) is 25.9 Å². The van der Waals surface area contributed by atoms with Crippen LogP contribution in [0.25, 0.3) is 0 Å². The molecule has 4 nitrogen and oxygen atoms in total. The fourth-order valence-electron chi connectivity index (χ4n) is 1.56. The molecule has 1 aliphatic carbocycles. The van der Waals surface area contributed by atoms with E-state index in [1.54, 1.807) is 0 Å². The third kappa shape index (κ3) is 2.56. The first kappa shape index (κ1) is 10.8. The Morgan fingerprint density at radius 2 is 2.23 bits per heavy atom. The van der Waals surface area contributed by atoms with Gasteiger partial charge in [0.05, 0.1) is 5.92 Å². The van der Waals surface area contributed by atoms with Crippen LogP contribution in [0.1, 0.15) is 12.8 Å². The van der Waals surface area contributed by atoms with Crippen molar-refractivity contribution in [2.45, 2.75) is 24.9 Å². The number of amides is 1. The molecule has 1 aliphatic heterocycles. The highest BCUT2D eigenvalue weighted by Gasteiger charge is 2.36. The standard InChI is InChI=1S/C8H15N3O.ClH/c9-6-3-7(6)11-8(12)5-1-2-10-4-5;/h5-7,10H,1-4,9H2,(H,11,12);1H/t5-,6?,7?;/m1./s1. The quantitative estimate of drug-likeness (QED) is 0.555. The fraction of sp³-hybridized carbons (Fsp3) is 0.875. The zero-order chi connectivity index (χ0) is 8.55. The number of carbonyl (C=O) groups is 1. The molecule has 0 aromatic carbocycles. The average Bonchev–Trinajstić information content (AvgIpc) is 2.58. The summed E-state index contributed by atoms with van der Waals surface area (Å²) in [5.74, 6) is 0.357. The van der Waals surface area contributed by atoms with Crippen molar-refractivity contribution in [1.82, 2.24) is 10.6 Å². The van der Waals surface area contributed by atoms with Crippen molar-refractivity contribution in [3.05, 3.63) is 0 Å². The molecule has 1 saturated heterocycles. The summed E-state index contributed by atoms with van der Waals surface area (Å²) >= 11 is 0. The maximum Gasteiger partial charge on any atom is 0.224 e. The normalized spacial score (nSPS) is 36.5. The number of carbonyl (C=O) groups excluding carboxylic acids is 1. The molecule has 0 radical (unpaired) electrons. The molecular formula is C8H16ClN3O. The average molecular weight is 206 g/mol. The summed E-state index contributed by atoms with van der Waals surface area (Å²) in [4.78, 5) is 11.4. The molecule has 1 saturated carbocycles. The SMILES string of the molecule is Cl.NC1CC1NC(=O)[C@@H]1CCNC1. The van der Waals surface area contributed by atoms with Gasteiger partial charge in [0.25, 0.3) is 0 Å². The van der Waals surface area contributed by atoms with E-state index in [4.69, 9.17) is 5.73 Å². The summed E-state index contributed by atoms with van der Waals surface area (Å²) in [6.07, 6.45) is 1.92. The van der Waals surface area contributed by atoms with E-state index in [1.807, 2.05) is 0 Å². The molecule has 2 fully saturated rings. The van der Waals surface area contributed by atoms with Gasteiger partial charge >= 0.3 is 0 Å². The van der Waals surface area contributed by atoms with Gasteiger partial charge in [-0.3, -0.25) is 4.79 Å². The van der Waals surface area contributed by atoms with E-state index < -0.39 is 0 Å². The van der Waals surface area contributed by atoms with Crippen molar-refractivity contribution in [1.29, 1.82) is 0 Å². The molecule has 2 aliphatic rings. The lowest BCUT2D eigenvalue weighted by Gasteiger charge is -2.08. The van der Waals surface area contributed by atoms with E-state index in [2.05, 4.69) is 10.6 Å². The molecular weight excluding hydrogens is 190 g/mol. The maximum atomic E-state index is 11.4. The number of hydrogen-bond donors (Lipinski definition) is 3. The van der Waals surface area contributed by atoms with Gasteiger partial charge in [-0.2, -0.15) is 0 Å². The van der Waals surface area contributed by atoms with Crippen LogP contribution in [0.5, 0.6) is 0 Å². The van der Waals surface area contributed by atoms with Gasteiger partial charge in [-0.25, -0.2) is 0 Å². The van der Waals surface area contributed by atoms with E-state index in [0.29, 0.717) is 0 Å². The molecule has 0 spiro atoms. The van der Waals surface area contributed by atoms with Crippen molar-refractivity contribution in [2.75, 3.05) is 13.1 Å². The number of hydrogen-bond acceptors (Lipinski definition) is 3. The Bertz CT molecular complexity index is 194. The minimum Gasteiger partial charge on any atom is -0.351 e. The Kier molecular flexibility index (Phi) is 3.53. The van der Waals surface area contributed by atoms with Crippen LogP contribution in [0.4, 0.5) is 0 Å². The van der Waals surface area contributed by atoms with Crippen LogP contribution in [0.15, 0.2) is 0 Å². The van der Waals surface area contributed by atoms with Crippen LogP contribution >= 0.6 is 12.4 Å². The van der Waals surface area contributed by atoms with Gasteiger partial charge in [-0.15, -0.1) is 12.4 Å². The topological polar surface area (TPSA) is 67.1 Å². The van der Waals surface area contributed by atoms with Crippen LogP contribution in [0, 0.1) is 5.92 Å². The molecule has 0 aromatic rings. The third-order valence-electron chi connectivity index (χ3n) is 2.60. The predicted molar refractivity (Wildman–Crippen MR) is 52.7 cm³/mol. The second kappa shape index (κ2) is 4.26. The number of nitrogens with two attached hydrogens (primary N) is 1. The van der Waals surface area contributed by atoms with Gasteiger partial charge in [-0.05, 0) is 19.4 Å². The Hall–Kier alpha value is -0.320. The van der Waals surface area contributed by atoms with Crippen molar-refractivity contribution in [3.8, 4) is 0 Å². The highest BCUT2D eigenvalue weighted by molar-refractivity contribution is 5.85. The molecule has 2 unspecified atom stereocenters. The number of halogens is 1. The second-order valence-corrected chi connectivity index (χ2v) is 3.70. The zero-order valence-corrected chi connectivity index (χ0v) is 8.27. The van der Waals surface area contributed by atoms with Crippen LogP contribution in [-0.4, -0.2) is 31.1 Å². The van der Waals surface area contributed by atoms with Crippen molar-refractivity contribution < 1.29 is 4.79 Å². The van der Waals surface area contributed by atoms with Gasteiger partial charge in [0, 0.05) is 18.6 Å². The van der Waals surface area contributed by atoms with E-state index >= 15 is 0 Å². The van der Waals surface area contributed by atoms with Gasteiger partial charge < -0.3 is 16.4 Å². The Morgan fingerprint density at radius 3 is 2.69 bits per heavy atom. The molecule has 5 heteroatoms. The van der Waals surface area contributed by atoms with E-state index in [-0.39, 0.29) is 36.3 Å². The number of rotatable bonds is 2. The Labute approximate surface area is 84.0 Å². The molecule has 1 amide bonds. The Morgan fingerprint density at radius 1 is 1.54 bits per heavy atom. The fourth-order valence-corrected chi connectivity index (χ4v) is 1.56. The van der Waals surface area contributed by atoms with Crippen LogP contribution in [0.3, 0.4) is 0 Å². The van der Waals surface area contributed by atoms with Crippen LogP contribution in [-0.2, 0) is 4.79 Å². The van der Waals surface area contributed by atoms with E-state index in [9.17, 15) is 4.79 Å². The van der Waals surface area contributed by atoms with Crippen LogP contribution in [0.2, 0.25) is 0 Å². The molecule has 4 N–H and O–H groups in total. The largest absolute Gasteiger partial charge is 0.351 e. The van der Waals surface area contributed by atoms with Crippen LogP contribution < -0.4 is 16.4 Å². The van der Waals surface area contributed by atoms with E-state index in [1.165, 1.54) is 0 Å². The summed E-state index contributed by atoms with van der Waals surface area (Å²) in [6, 6.07) is 0.474. The number of nitrogens with one attached hydrogen (secondary N) is 2. The molecule has 3 atom stereocenters. The van der Waals surface area contributed by atoms with Gasteiger partial charge in [-0.1, -0.05) is 0 Å². The summed E-state index contributed by atoms with van der Waals surface area (Å²) in [6.45, 7) is 1.79. The van der Waals surface area contributed by atoms with Gasteiger partial charge in [0.2, 0.25) is 5.91 Å². The molecule has 76 valence electrons. The van der Waals surface area contributed by atoms with Crippen molar-refractivity contribution >= 4 is 18.3 Å². The monoisotopic (exact) mass is 205 g/mol. The molecule has 0 bridgehead atoms. The summed E-state index contributed by atoms with van der Waals surface area (Å²) in [5.41, 5.74) is 5.58. The molecule has 13 heavy (non-hydrogen) atoms. The predicted octanol–water partition coefficient (Wildman–Crippen LogP) is -0.766. The highest BCUT2D eigenvalue weighted by Crippen LogP contribution is 2.19. The summed E-state index contributed by atoms with van der Waals surface area (Å²) < 4.78 is 0. The lowest BCUT2D eigenvalue weighted by Crippen LogP contribution is -2.35. The summed E-state index contributed by atoms with van der Waals surface area (Å²) in [5, 5.41) is 6.11. The Balaban J connectivity index is 0.000000845.